The Bertz CT molecular complexity index is 1160. The van der Waals surface area contributed by atoms with Gasteiger partial charge in [-0.2, -0.15) is 0 Å². The van der Waals surface area contributed by atoms with E-state index in [0.29, 0.717) is 0 Å². The second-order valence-corrected chi connectivity index (χ2v) is 10.0. The fourth-order valence-corrected chi connectivity index (χ4v) is 5.05. The van der Waals surface area contributed by atoms with E-state index in [9.17, 15) is 0 Å². The van der Waals surface area contributed by atoms with Crippen LogP contribution in [0.1, 0.15) is 33.4 Å². The highest BCUT2D eigenvalue weighted by atomic mass is 15.1. The zero-order valence-corrected chi connectivity index (χ0v) is 22.0. The highest BCUT2D eigenvalue weighted by molar-refractivity contribution is 5.28. The number of benzene rings is 5. The van der Waals surface area contributed by atoms with E-state index in [1.54, 1.807) is 0 Å². The van der Waals surface area contributed by atoms with Crippen LogP contribution in [0.3, 0.4) is 0 Å². The van der Waals surface area contributed by atoms with Gasteiger partial charge < -0.3 is 0 Å². The Morgan fingerprint density at radius 3 is 0.763 bits per heavy atom. The Labute approximate surface area is 227 Å². The molecule has 0 heterocycles. The van der Waals surface area contributed by atoms with Crippen molar-refractivity contribution < 1.29 is 0 Å². The van der Waals surface area contributed by atoms with Crippen molar-refractivity contribution in [3.8, 4) is 0 Å². The van der Waals surface area contributed by atoms with Crippen LogP contribution in [0.15, 0.2) is 146 Å². The number of hydrogen-bond acceptors (Lipinski definition) is 2. The van der Waals surface area contributed by atoms with Gasteiger partial charge in [0.2, 0.25) is 0 Å². The van der Waals surface area contributed by atoms with Crippen LogP contribution >= 0.6 is 0 Å². The molecule has 0 radical (unpaired) electrons. The molecule has 0 saturated carbocycles. The van der Waals surface area contributed by atoms with Crippen LogP contribution in [0, 0.1) is 0 Å². The molecule has 0 spiro atoms. The predicted octanol–water partition coefficient (Wildman–Crippen LogP) is 8.09. The van der Waals surface area contributed by atoms with Gasteiger partial charge in [0.1, 0.15) is 0 Å². The summed E-state index contributed by atoms with van der Waals surface area (Å²) >= 11 is 0. The van der Waals surface area contributed by atoms with Crippen molar-refractivity contribution in [3.63, 3.8) is 0 Å². The Kier molecular flexibility index (Phi) is 9.14. The van der Waals surface area contributed by atoms with Gasteiger partial charge in [0.25, 0.3) is 0 Å². The van der Waals surface area contributed by atoms with E-state index in [1.165, 1.54) is 33.4 Å². The Hall–Kier alpha value is -3.98. The average molecular weight is 497 g/mol. The smallest absolute Gasteiger partial charge is 0.0244 e. The molecule has 5 aromatic rings. The van der Waals surface area contributed by atoms with E-state index < -0.39 is 0 Å². The zero-order valence-electron chi connectivity index (χ0n) is 22.0. The molecule has 0 aliphatic rings. The van der Waals surface area contributed by atoms with Gasteiger partial charge >= 0.3 is 0 Å². The van der Waals surface area contributed by atoms with Crippen molar-refractivity contribution >= 4 is 0 Å². The minimum Gasteiger partial charge on any atom is -0.291 e. The van der Waals surface area contributed by atoms with Crippen molar-refractivity contribution in [2.75, 3.05) is 0 Å². The van der Waals surface area contributed by atoms with Crippen molar-refractivity contribution in [1.29, 1.82) is 0 Å². The first kappa shape index (κ1) is 25.7. The van der Waals surface area contributed by atoms with Crippen LogP contribution in [0.25, 0.3) is 0 Å². The summed E-state index contributed by atoms with van der Waals surface area (Å²) in [6.45, 7) is 5.49. The minimum absolute atomic E-state index is 0.907. The summed E-state index contributed by atoms with van der Waals surface area (Å²) in [5, 5.41) is 0. The molecule has 2 nitrogen and oxygen atoms in total. The second-order valence-electron chi connectivity index (χ2n) is 10.0. The van der Waals surface area contributed by atoms with Gasteiger partial charge in [-0.05, 0) is 33.4 Å². The van der Waals surface area contributed by atoms with Crippen LogP contribution in [0.5, 0.6) is 0 Å². The summed E-state index contributed by atoms with van der Waals surface area (Å²) in [5.74, 6) is 0. The molecule has 5 aromatic carbocycles. The SMILES string of the molecule is c1ccc(CN(Cc2ccccc2)Cc2ccccc2CN(Cc2ccccc2)Cc2ccccc2)cc1. The predicted molar refractivity (Wildman–Crippen MR) is 158 cm³/mol. The minimum atomic E-state index is 0.907. The monoisotopic (exact) mass is 496 g/mol. The molecular weight excluding hydrogens is 460 g/mol. The summed E-state index contributed by atoms with van der Waals surface area (Å²) in [7, 11) is 0. The molecule has 0 saturated heterocycles. The van der Waals surface area contributed by atoms with Gasteiger partial charge in [0.15, 0.2) is 0 Å². The maximum Gasteiger partial charge on any atom is 0.0244 e. The summed E-state index contributed by atoms with van der Waals surface area (Å²) < 4.78 is 0. The van der Waals surface area contributed by atoms with E-state index in [4.69, 9.17) is 0 Å². The summed E-state index contributed by atoms with van der Waals surface area (Å²) in [4.78, 5) is 5.12. The van der Waals surface area contributed by atoms with Crippen LogP contribution in [0.2, 0.25) is 0 Å². The van der Waals surface area contributed by atoms with Crippen LogP contribution in [-0.2, 0) is 39.3 Å². The lowest BCUT2D eigenvalue weighted by Crippen LogP contribution is -2.26. The standard InChI is InChI=1S/C36H36N2/c1-5-15-31(16-6-1)25-37(26-32-17-7-2-8-18-32)29-35-23-13-14-24-36(35)30-38(27-33-19-9-3-10-20-33)28-34-21-11-4-12-22-34/h1-24H,25-30H2. The maximum absolute atomic E-state index is 2.56. The molecule has 0 N–H and O–H groups in total. The summed E-state index contributed by atoms with van der Waals surface area (Å²) in [6.07, 6.45) is 0. The third-order valence-electron chi connectivity index (χ3n) is 6.90. The first-order valence-corrected chi connectivity index (χ1v) is 13.5. The third kappa shape index (κ3) is 7.76. The average Bonchev–Trinajstić information content (AvgIpc) is 2.96. The van der Waals surface area contributed by atoms with E-state index >= 15 is 0 Å². The van der Waals surface area contributed by atoms with Crippen molar-refractivity contribution in [3.05, 3.63) is 179 Å². The van der Waals surface area contributed by atoms with Gasteiger partial charge in [-0.1, -0.05) is 146 Å². The Morgan fingerprint density at radius 1 is 0.263 bits per heavy atom. The van der Waals surface area contributed by atoms with Gasteiger partial charge in [0, 0.05) is 39.3 Å². The van der Waals surface area contributed by atoms with E-state index in [2.05, 4.69) is 155 Å². The normalized spacial score (nSPS) is 11.2. The van der Waals surface area contributed by atoms with Crippen LogP contribution in [-0.4, -0.2) is 9.80 Å². The van der Waals surface area contributed by atoms with Gasteiger partial charge in [-0.15, -0.1) is 0 Å². The molecule has 5 rings (SSSR count). The molecule has 0 atom stereocenters. The summed E-state index contributed by atoms with van der Waals surface area (Å²) in [6, 6.07) is 52.2. The molecule has 190 valence electrons. The molecule has 0 aromatic heterocycles. The highest BCUT2D eigenvalue weighted by Crippen LogP contribution is 2.21. The second kappa shape index (κ2) is 13.5. The number of nitrogens with zero attached hydrogens (tertiary/aromatic N) is 2. The van der Waals surface area contributed by atoms with Crippen LogP contribution in [0.4, 0.5) is 0 Å². The lowest BCUT2D eigenvalue weighted by atomic mass is 10.0. The highest BCUT2D eigenvalue weighted by Gasteiger charge is 2.14. The Balaban J connectivity index is 1.38. The zero-order chi connectivity index (χ0) is 25.8. The molecule has 0 bridgehead atoms. The van der Waals surface area contributed by atoms with Gasteiger partial charge in [-0.3, -0.25) is 9.80 Å². The van der Waals surface area contributed by atoms with Crippen molar-refractivity contribution in [2.45, 2.75) is 39.3 Å². The number of rotatable bonds is 12. The largest absolute Gasteiger partial charge is 0.291 e. The molecule has 38 heavy (non-hydrogen) atoms. The lowest BCUT2D eigenvalue weighted by molar-refractivity contribution is 0.234. The molecule has 2 heteroatoms. The Morgan fingerprint density at radius 2 is 0.500 bits per heavy atom. The van der Waals surface area contributed by atoms with E-state index in [0.717, 1.165) is 39.3 Å². The fourth-order valence-electron chi connectivity index (χ4n) is 5.05. The molecule has 0 unspecified atom stereocenters. The lowest BCUT2D eigenvalue weighted by Gasteiger charge is -2.27. The van der Waals surface area contributed by atoms with Gasteiger partial charge in [0.05, 0.1) is 0 Å². The molecule has 0 fully saturated rings. The maximum atomic E-state index is 2.56. The third-order valence-corrected chi connectivity index (χ3v) is 6.90. The first-order chi connectivity index (χ1) is 18.8. The summed E-state index contributed by atoms with van der Waals surface area (Å²) in [5.41, 5.74) is 8.16. The van der Waals surface area contributed by atoms with Crippen molar-refractivity contribution in [2.24, 2.45) is 0 Å². The van der Waals surface area contributed by atoms with Gasteiger partial charge in [-0.25, -0.2) is 0 Å². The van der Waals surface area contributed by atoms with E-state index in [1.807, 2.05) is 0 Å². The topological polar surface area (TPSA) is 6.48 Å². The van der Waals surface area contributed by atoms with E-state index in [-0.39, 0.29) is 0 Å². The fraction of sp³-hybridized carbons (Fsp3) is 0.167. The molecule has 0 amide bonds. The number of hydrogen-bond donors (Lipinski definition) is 0. The first-order valence-electron chi connectivity index (χ1n) is 13.5. The molecule has 0 aliphatic heterocycles. The molecule has 0 aliphatic carbocycles. The van der Waals surface area contributed by atoms with Crippen LogP contribution < -0.4 is 0 Å². The van der Waals surface area contributed by atoms with Crippen molar-refractivity contribution in [1.82, 2.24) is 9.80 Å². The molecular formula is C36H36N2. The quantitative estimate of drug-likeness (QED) is 0.172.